The first-order valence-corrected chi connectivity index (χ1v) is 7.62. The van der Waals surface area contributed by atoms with Crippen LogP contribution >= 0.6 is 0 Å². The van der Waals surface area contributed by atoms with E-state index < -0.39 is 0 Å². The molecule has 0 spiro atoms. The predicted octanol–water partition coefficient (Wildman–Crippen LogP) is 2.57. The Morgan fingerprint density at radius 3 is 2.89 bits per heavy atom. The lowest BCUT2D eigenvalue weighted by molar-refractivity contribution is 0.285. The van der Waals surface area contributed by atoms with E-state index in [-0.39, 0.29) is 0 Å². The molecule has 1 aromatic heterocycles. The third-order valence-electron chi connectivity index (χ3n) is 5.15. The summed E-state index contributed by atoms with van der Waals surface area (Å²) in [5, 5.41) is 8.24. The second-order valence-corrected chi connectivity index (χ2v) is 6.62. The molecule has 0 aliphatic heterocycles. The summed E-state index contributed by atoms with van der Waals surface area (Å²) >= 11 is 0. The molecule has 0 amide bonds. The van der Waals surface area contributed by atoms with E-state index in [0.717, 1.165) is 36.9 Å². The predicted molar refractivity (Wildman–Crippen MR) is 71.0 cm³/mol. The minimum Gasteiger partial charge on any atom is -0.308 e. The van der Waals surface area contributed by atoms with Crippen LogP contribution in [0.3, 0.4) is 0 Å². The molecule has 0 radical (unpaired) electrons. The van der Waals surface area contributed by atoms with Gasteiger partial charge in [0.05, 0.1) is 5.69 Å². The molecule has 1 heterocycles. The Morgan fingerprint density at radius 1 is 1.22 bits per heavy atom. The van der Waals surface area contributed by atoms with Crippen LogP contribution in [0, 0.1) is 17.8 Å². The number of hydrogen-bond acceptors (Lipinski definition) is 2. The van der Waals surface area contributed by atoms with Gasteiger partial charge in [0.15, 0.2) is 0 Å². The molecule has 0 saturated heterocycles. The lowest BCUT2D eigenvalue weighted by Crippen LogP contribution is -2.19. The highest BCUT2D eigenvalue weighted by Gasteiger charge is 2.39. The van der Waals surface area contributed by atoms with Crippen molar-refractivity contribution < 1.29 is 0 Å². The molecule has 2 bridgehead atoms. The lowest BCUT2D eigenvalue weighted by atomic mass is 9.89. The number of aromatic nitrogens is 2. The van der Waals surface area contributed by atoms with Crippen molar-refractivity contribution in [2.24, 2.45) is 17.8 Å². The normalized spacial score (nSPS) is 34.3. The van der Waals surface area contributed by atoms with Gasteiger partial charge in [-0.2, -0.15) is 5.10 Å². The van der Waals surface area contributed by atoms with Crippen LogP contribution in [-0.2, 0) is 13.1 Å². The standard InChI is InChI=1S/C15H23N3/c1-2-12-7-11(1)8-13(12)10-18-6-5-15(17-18)9-16-14-3-4-14/h5-6,11-14,16H,1-4,7-10H2. The van der Waals surface area contributed by atoms with Crippen molar-refractivity contribution in [3.8, 4) is 0 Å². The number of rotatable bonds is 5. The van der Waals surface area contributed by atoms with E-state index >= 15 is 0 Å². The van der Waals surface area contributed by atoms with Gasteiger partial charge in [-0.25, -0.2) is 0 Å². The Kier molecular flexibility index (Phi) is 2.68. The van der Waals surface area contributed by atoms with Gasteiger partial charge in [0, 0.05) is 25.3 Å². The van der Waals surface area contributed by atoms with E-state index in [2.05, 4.69) is 22.3 Å². The average Bonchev–Trinajstić information content (AvgIpc) is 2.78. The highest BCUT2D eigenvalue weighted by atomic mass is 15.3. The summed E-state index contributed by atoms with van der Waals surface area (Å²) in [6.07, 6.45) is 10.8. The molecular weight excluding hydrogens is 222 g/mol. The molecule has 18 heavy (non-hydrogen) atoms. The van der Waals surface area contributed by atoms with Crippen molar-refractivity contribution in [3.63, 3.8) is 0 Å². The maximum absolute atomic E-state index is 4.71. The highest BCUT2D eigenvalue weighted by molar-refractivity contribution is 5.00. The molecule has 3 heteroatoms. The minimum atomic E-state index is 0.778. The smallest absolute Gasteiger partial charge is 0.0762 e. The topological polar surface area (TPSA) is 29.9 Å². The van der Waals surface area contributed by atoms with Crippen LogP contribution in [0.4, 0.5) is 0 Å². The first-order chi connectivity index (χ1) is 8.87. The van der Waals surface area contributed by atoms with Crippen molar-refractivity contribution >= 4 is 0 Å². The van der Waals surface area contributed by atoms with Gasteiger partial charge in [-0.05, 0) is 55.9 Å². The second kappa shape index (κ2) is 4.37. The van der Waals surface area contributed by atoms with E-state index in [1.54, 1.807) is 0 Å². The summed E-state index contributed by atoms with van der Waals surface area (Å²) in [6, 6.07) is 2.96. The summed E-state index contributed by atoms with van der Waals surface area (Å²) in [7, 11) is 0. The van der Waals surface area contributed by atoms with Crippen LogP contribution in [0.1, 0.15) is 44.2 Å². The quantitative estimate of drug-likeness (QED) is 0.864. The first-order valence-electron chi connectivity index (χ1n) is 7.62. The fraction of sp³-hybridized carbons (Fsp3) is 0.800. The molecule has 3 fully saturated rings. The van der Waals surface area contributed by atoms with Gasteiger partial charge >= 0.3 is 0 Å². The first kappa shape index (κ1) is 11.0. The fourth-order valence-corrected chi connectivity index (χ4v) is 3.98. The molecule has 3 atom stereocenters. The Balaban J connectivity index is 1.33. The highest BCUT2D eigenvalue weighted by Crippen LogP contribution is 2.48. The Bertz CT molecular complexity index is 421. The number of fused-ring (bicyclic) bond motifs is 2. The molecule has 4 rings (SSSR count). The Morgan fingerprint density at radius 2 is 2.17 bits per heavy atom. The Hall–Kier alpha value is -0.830. The van der Waals surface area contributed by atoms with Crippen molar-refractivity contribution in [1.82, 2.24) is 15.1 Å². The zero-order valence-electron chi connectivity index (χ0n) is 11.0. The zero-order valence-corrected chi connectivity index (χ0v) is 11.0. The van der Waals surface area contributed by atoms with Crippen molar-refractivity contribution in [2.45, 2.75) is 57.7 Å². The average molecular weight is 245 g/mol. The largest absolute Gasteiger partial charge is 0.308 e. The molecular formula is C15H23N3. The van der Waals surface area contributed by atoms with Gasteiger partial charge in [-0.3, -0.25) is 4.68 Å². The van der Waals surface area contributed by atoms with E-state index in [1.807, 2.05) is 0 Å². The summed E-state index contributed by atoms with van der Waals surface area (Å²) in [5.74, 6) is 2.96. The summed E-state index contributed by atoms with van der Waals surface area (Å²) in [4.78, 5) is 0. The zero-order chi connectivity index (χ0) is 11.9. The molecule has 1 N–H and O–H groups in total. The molecule has 3 nitrogen and oxygen atoms in total. The van der Waals surface area contributed by atoms with Gasteiger partial charge in [-0.15, -0.1) is 0 Å². The van der Waals surface area contributed by atoms with Crippen LogP contribution in [0.25, 0.3) is 0 Å². The van der Waals surface area contributed by atoms with Crippen LogP contribution < -0.4 is 5.32 Å². The number of hydrogen-bond donors (Lipinski definition) is 1. The molecule has 1 aromatic rings. The van der Waals surface area contributed by atoms with Gasteiger partial charge in [0.25, 0.3) is 0 Å². The van der Waals surface area contributed by atoms with Crippen molar-refractivity contribution in [1.29, 1.82) is 0 Å². The molecule has 0 aromatic carbocycles. The molecule has 3 saturated carbocycles. The third kappa shape index (κ3) is 2.20. The molecule has 3 aliphatic carbocycles. The van der Waals surface area contributed by atoms with Crippen LogP contribution in [0.2, 0.25) is 0 Å². The van der Waals surface area contributed by atoms with E-state index in [1.165, 1.54) is 44.2 Å². The SMILES string of the molecule is c1cn(CC2CC3CCC2C3)nc1CNC1CC1. The maximum atomic E-state index is 4.71. The van der Waals surface area contributed by atoms with Crippen molar-refractivity contribution in [2.75, 3.05) is 0 Å². The van der Waals surface area contributed by atoms with E-state index in [0.29, 0.717) is 0 Å². The van der Waals surface area contributed by atoms with Crippen molar-refractivity contribution in [3.05, 3.63) is 18.0 Å². The fourth-order valence-electron chi connectivity index (χ4n) is 3.98. The van der Waals surface area contributed by atoms with Gasteiger partial charge < -0.3 is 5.32 Å². The second-order valence-electron chi connectivity index (χ2n) is 6.62. The van der Waals surface area contributed by atoms with Gasteiger partial charge in [0.2, 0.25) is 0 Å². The summed E-state index contributed by atoms with van der Waals surface area (Å²) < 4.78 is 2.19. The number of nitrogens with zero attached hydrogens (tertiary/aromatic N) is 2. The maximum Gasteiger partial charge on any atom is 0.0762 e. The summed E-state index contributed by atoms with van der Waals surface area (Å²) in [6.45, 7) is 2.11. The monoisotopic (exact) mass is 245 g/mol. The summed E-state index contributed by atoms with van der Waals surface area (Å²) in [5.41, 5.74) is 1.21. The minimum absolute atomic E-state index is 0.778. The lowest BCUT2D eigenvalue weighted by Gasteiger charge is -2.21. The Labute approximate surface area is 109 Å². The van der Waals surface area contributed by atoms with E-state index in [9.17, 15) is 0 Å². The van der Waals surface area contributed by atoms with E-state index in [4.69, 9.17) is 5.10 Å². The molecule has 3 unspecified atom stereocenters. The van der Waals surface area contributed by atoms with Gasteiger partial charge in [-0.1, -0.05) is 6.42 Å². The molecule has 98 valence electrons. The molecule has 3 aliphatic rings. The van der Waals surface area contributed by atoms with Crippen LogP contribution in [0.15, 0.2) is 12.3 Å². The van der Waals surface area contributed by atoms with Gasteiger partial charge in [0.1, 0.15) is 0 Å². The van der Waals surface area contributed by atoms with Crippen LogP contribution in [-0.4, -0.2) is 15.8 Å². The third-order valence-corrected chi connectivity index (χ3v) is 5.15. The number of nitrogens with one attached hydrogen (secondary N) is 1. The van der Waals surface area contributed by atoms with Crippen LogP contribution in [0.5, 0.6) is 0 Å².